The maximum atomic E-state index is 12.6. The molecule has 118 valence electrons. The normalized spacial score (nSPS) is 15.3. The summed E-state index contributed by atoms with van der Waals surface area (Å²) >= 11 is 0. The molecule has 0 spiro atoms. The summed E-state index contributed by atoms with van der Waals surface area (Å²) < 4.78 is 37.3. The van der Waals surface area contributed by atoms with Crippen molar-refractivity contribution in [3.63, 3.8) is 0 Å². The molecule has 0 aliphatic heterocycles. The quantitative estimate of drug-likeness (QED) is 0.819. The summed E-state index contributed by atoms with van der Waals surface area (Å²) in [7, 11) is 2.96. The number of benzene rings is 1. The molecule has 0 atom stereocenters. The summed E-state index contributed by atoms with van der Waals surface area (Å²) in [5, 5.41) is 3.01. The number of methoxy groups -OCH3 is 2. The second-order valence-corrected chi connectivity index (χ2v) is 7.10. The Hall–Kier alpha value is -1.31. The average Bonchev–Trinajstić information content (AvgIpc) is 3.30. The van der Waals surface area contributed by atoms with Gasteiger partial charge in [-0.25, -0.2) is 8.42 Å². The third kappa shape index (κ3) is 3.14. The lowest BCUT2D eigenvalue weighted by molar-refractivity contribution is 0.349. The van der Waals surface area contributed by atoms with E-state index in [0.717, 1.165) is 18.4 Å². The monoisotopic (exact) mass is 314 g/mol. The van der Waals surface area contributed by atoms with Crippen LogP contribution in [-0.4, -0.2) is 47.1 Å². The lowest BCUT2D eigenvalue weighted by Crippen LogP contribution is -2.29. The van der Waals surface area contributed by atoms with Crippen LogP contribution >= 0.6 is 0 Å². The maximum absolute atomic E-state index is 12.6. The molecule has 1 aromatic carbocycles. The zero-order valence-electron chi connectivity index (χ0n) is 12.8. The van der Waals surface area contributed by atoms with Crippen molar-refractivity contribution in [2.45, 2.75) is 30.3 Å². The van der Waals surface area contributed by atoms with Gasteiger partial charge in [0, 0.05) is 31.3 Å². The van der Waals surface area contributed by atoms with Crippen molar-refractivity contribution in [2.75, 3.05) is 28.3 Å². The van der Waals surface area contributed by atoms with E-state index in [1.54, 1.807) is 27.3 Å². The Balaban J connectivity index is 2.50. The van der Waals surface area contributed by atoms with E-state index in [-0.39, 0.29) is 10.9 Å². The van der Waals surface area contributed by atoms with Crippen LogP contribution in [0.1, 0.15) is 18.4 Å². The molecule has 0 heterocycles. The predicted octanol–water partition coefficient (Wildman–Crippen LogP) is 1.21. The van der Waals surface area contributed by atoms with Crippen LogP contribution in [0.5, 0.6) is 11.5 Å². The van der Waals surface area contributed by atoms with Gasteiger partial charge in [0.2, 0.25) is 10.0 Å². The van der Waals surface area contributed by atoms with Crippen molar-refractivity contribution in [1.29, 1.82) is 0 Å². The van der Waals surface area contributed by atoms with Crippen molar-refractivity contribution in [3.8, 4) is 11.5 Å². The molecule has 21 heavy (non-hydrogen) atoms. The molecule has 1 aliphatic rings. The summed E-state index contributed by atoms with van der Waals surface area (Å²) in [6.07, 6.45) is 1.85. The van der Waals surface area contributed by atoms with Crippen LogP contribution in [0, 0.1) is 0 Å². The van der Waals surface area contributed by atoms with Crippen LogP contribution in [0.2, 0.25) is 0 Å². The minimum Gasteiger partial charge on any atom is -0.493 e. The summed E-state index contributed by atoms with van der Waals surface area (Å²) in [6.45, 7) is 0.496. The molecule has 1 aromatic rings. The zero-order chi connectivity index (χ0) is 15.6. The third-order valence-corrected chi connectivity index (χ3v) is 5.52. The second-order valence-electron chi connectivity index (χ2n) is 5.10. The van der Waals surface area contributed by atoms with Crippen molar-refractivity contribution in [3.05, 3.63) is 17.7 Å². The van der Waals surface area contributed by atoms with Gasteiger partial charge < -0.3 is 14.8 Å². The van der Waals surface area contributed by atoms with E-state index in [4.69, 9.17) is 9.47 Å². The molecule has 7 heteroatoms. The van der Waals surface area contributed by atoms with Gasteiger partial charge in [-0.05, 0) is 26.0 Å². The van der Waals surface area contributed by atoms with Crippen LogP contribution < -0.4 is 14.8 Å². The number of rotatable bonds is 7. The highest BCUT2D eigenvalue weighted by Gasteiger charge is 2.35. The van der Waals surface area contributed by atoms with Crippen LogP contribution in [0.3, 0.4) is 0 Å². The minimum absolute atomic E-state index is 0.121. The topological polar surface area (TPSA) is 67.9 Å². The lowest BCUT2D eigenvalue weighted by Gasteiger charge is -2.19. The minimum atomic E-state index is -3.50. The molecular formula is C14H22N2O4S. The SMILES string of the molecule is CNCc1cc(S(=O)(=O)N(C)C2CC2)cc(OC)c1OC. The number of nitrogens with zero attached hydrogens (tertiary/aromatic N) is 1. The smallest absolute Gasteiger partial charge is 0.243 e. The number of hydrogen-bond donors (Lipinski definition) is 1. The molecule has 6 nitrogen and oxygen atoms in total. The Morgan fingerprint density at radius 1 is 1.29 bits per heavy atom. The molecule has 1 N–H and O–H groups in total. The Labute approximate surface area is 126 Å². The van der Waals surface area contributed by atoms with Crippen LogP contribution in [0.25, 0.3) is 0 Å². The van der Waals surface area contributed by atoms with Gasteiger partial charge in [-0.1, -0.05) is 0 Å². The van der Waals surface area contributed by atoms with Crippen molar-refractivity contribution >= 4 is 10.0 Å². The fourth-order valence-electron chi connectivity index (χ4n) is 2.29. The van der Waals surface area contributed by atoms with E-state index in [1.165, 1.54) is 17.5 Å². The van der Waals surface area contributed by atoms with Gasteiger partial charge >= 0.3 is 0 Å². The molecule has 0 unspecified atom stereocenters. The predicted molar refractivity (Wildman–Crippen MR) is 80.3 cm³/mol. The van der Waals surface area contributed by atoms with Crippen molar-refractivity contribution in [1.82, 2.24) is 9.62 Å². The van der Waals surface area contributed by atoms with E-state index in [1.807, 2.05) is 0 Å². The largest absolute Gasteiger partial charge is 0.493 e. The molecule has 0 amide bonds. The first-order chi connectivity index (χ1) is 9.95. The van der Waals surface area contributed by atoms with Gasteiger partial charge in [0.15, 0.2) is 11.5 Å². The Morgan fingerprint density at radius 3 is 2.43 bits per heavy atom. The van der Waals surface area contributed by atoms with Crippen molar-refractivity contribution < 1.29 is 17.9 Å². The molecule has 1 saturated carbocycles. The van der Waals surface area contributed by atoms with E-state index in [0.29, 0.717) is 18.0 Å². The van der Waals surface area contributed by atoms with Gasteiger partial charge in [-0.2, -0.15) is 4.31 Å². The fraction of sp³-hybridized carbons (Fsp3) is 0.571. The molecule has 1 fully saturated rings. The van der Waals surface area contributed by atoms with Crippen LogP contribution in [-0.2, 0) is 16.6 Å². The van der Waals surface area contributed by atoms with Gasteiger partial charge in [-0.3, -0.25) is 0 Å². The van der Waals surface area contributed by atoms with Gasteiger partial charge in [-0.15, -0.1) is 0 Å². The lowest BCUT2D eigenvalue weighted by atomic mass is 10.2. The molecular weight excluding hydrogens is 292 g/mol. The molecule has 1 aliphatic carbocycles. The summed E-state index contributed by atoms with van der Waals surface area (Å²) in [5.41, 5.74) is 0.752. The second kappa shape index (κ2) is 6.21. The first-order valence-electron chi connectivity index (χ1n) is 6.83. The number of sulfonamides is 1. The molecule has 0 bridgehead atoms. The number of hydrogen-bond acceptors (Lipinski definition) is 5. The first-order valence-corrected chi connectivity index (χ1v) is 8.27. The Morgan fingerprint density at radius 2 is 1.95 bits per heavy atom. The first kappa shape index (κ1) is 16.1. The fourth-order valence-corrected chi connectivity index (χ4v) is 3.77. The van der Waals surface area contributed by atoms with Gasteiger partial charge in [0.05, 0.1) is 19.1 Å². The molecule has 0 aromatic heterocycles. The van der Waals surface area contributed by atoms with E-state index < -0.39 is 10.0 Å². The average molecular weight is 314 g/mol. The molecule has 0 radical (unpaired) electrons. The van der Waals surface area contributed by atoms with Gasteiger partial charge in [0.1, 0.15) is 0 Å². The van der Waals surface area contributed by atoms with Crippen LogP contribution in [0.4, 0.5) is 0 Å². The number of nitrogens with one attached hydrogen (secondary N) is 1. The molecule has 2 rings (SSSR count). The van der Waals surface area contributed by atoms with E-state index in [9.17, 15) is 8.42 Å². The standard InChI is InChI=1S/C14H22N2O4S/c1-15-9-10-7-12(8-13(19-3)14(10)20-4)21(17,18)16(2)11-5-6-11/h7-8,11,15H,5-6,9H2,1-4H3. The highest BCUT2D eigenvalue weighted by Crippen LogP contribution is 2.37. The third-order valence-electron chi connectivity index (χ3n) is 3.63. The zero-order valence-corrected chi connectivity index (χ0v) is 13.7. The van der Waals surface area contributed by atoms with E-state index >= 15 is 0 Å². The highest BCUT2D eigenvalue weighted by atomic mass is 32.2. The van der Waals surface area contributed by atoms with Gasteiger partial charge in [0.25, 0.3) is 0 Å². The Kier molecular flexibility index (Phi) is 4.75. The Bertz CT molecular complexity index is 612. The summed E-state index contributed by atoms with van der Waals surface area (Å²) in [5.74, 6) is 0.980. The highest BCUT2D eigenvalue weighted by molar-refractivity contribution is 7.89. The summed E-state index contributed by atoms with van der Waals surface area (Å²) in [6, 6.07) is 3.29. The van der Waals surface area contributed by atoms with E-state index in [2.05, 4.69) is 5.32 Å². The maximum Gasteiger partial charge on any atom is 0.243 e. The summed E-state index contributed by atoms with van der Waals surface area (Å²) in [4.78, 5) is 0.236. The molecule has 0 saturated heterocycles. The number of ether oxygens (including phenoxy) is 2. The van der Waals surface area contributed by atoms with Crippen molar-refractivity contribution in [2.24, 2.45) is 0 Å². The van der Waals surface area contributed by atoms with Crippen LogP contribution in [0.15, 0.2) is 17.0 Å².